The molecule has 2 N–H and O–H groups in total. The van der Waals surface area contributed by atoms with Crippen LogP contribution in [0, 0.1) is 11.6 Å². The van der Waals surface area contributed by atoms with E-state index in [2.05, 4.69) is 20.4 Å². The normalized spacial score (nSPS) is 22.9. The molecule has 7 heteroatoms. The molecule has 0 unspecified atom stereocenters. The SMILES string of the molecule is O=C(NC1CCN(Cc2ccc(F)c(F)c2)CC1)NC1CCN(C2CC2)CC1. The van der Waals surface area contributed by atoms with Gasteiger partial charge in [-0.2, -0.15) is 0 Å². The fraction of sp³-hybridized carbons (Fsp3) is 0.667. The van der Waals surface area contributed by atoms with Gasteiger partial charge in [0.05, 0.1) is 0 Å². The lowest BCUT2D eigenvalue weighted by atomic mass is 10.0. The summed E-state index contributed by atoms with van der Waals surface area (Å²) in [5.74, 6) is -1.61. The van der Waals surface area contributed by atoms with E-state index in [-0.39, 0.29) is 18.1 Å². The van der Waals surface area contributed by atoms with Crippen LogP contribution in [-0.4, -0.2) is 60.1 Å². The second-order valence-corrected chi connectivity index (χ2v) is 8.46. The number of piperidine rings is 2. The summed E-state index contributed by atoms with van der Waals surface area (Å²) in [6.07, 6.45) is 6.50. The third-order valence-corrected chi connectivity index (χ3v) is 6.24. The fourth-order valence-electron chi connectivity index (χ4n) is 4.39. The Morgan fingerprint density at radius 3 is 2.07 bits per heavy atom. The van der Waals surface area contributed by atoms with Gasteiger partial charge in [0.1, 0.15) is 0 Å². The largest absolute Gasteiger partial charge is 0.335 e. The molecule has 0 bridgehead atoms. The average Bonchev–Trinajstić information content (AvgIpc) is 3.52. The number of likely N-dealkylation sites (tertiary alicyclic amines) is 2. The van der Waals surface area contributed by atoms with Crippen LogP contribution in [0.4, 0.5) is 13.6 Å². The number of hydrogen-bond acceptors (Lipinski definition) is 3. The quantitative estimate of drug-likeness (QED) is 0.810. The second-order valence-electron chi connectivity index (χ2n) is 8.46. The Morgan fingerprint density at radius 2 is 1.50 bits per heavy atom. The van der Waals surface area contributed by atoms with Gasteiger partial charge in [-0.25, -0.2) is 13.6 Å². The number of benzene rings is 1. The molecule has 1 saturated carbocycles. The number of carbonyl (C=O) groups excluding carboxylic acids is 1. The van der Waals surface area contributed by atoms with Crippen molar-refractivity contribution < 1.29 is 13.6 Å². The minimum atomic E-state index is -0.809. The maximum atomic E-state index is 13.3. The summed E-state index contributed by atoms with van der Waals surface area (Å²) >= 11 is 0. The smallest absolute Gasteiger partial charge is 0.315 e. The van der Waals surface area contributed by atoms with E-state index < -0.39 is 11.6 Å². The van der Waals surface area contributed by atoms with E-state index in [1.807, 2.05) is 0 Å². The zero-order valence-corrected chi connectivity index (χ0v) is 16.3. The number of urea groups is 1. The third-order valence-electron chi connectivity index (χ3n) is 6.24. The highest BCUT2D eigenvalue weighted by atomic mass is 19.2. The molecule has 0 radical (unpaired) electrons. The topological polar surface area (TPSA) is 47.6 Å². The lowest BCUT2D eigenvalue weighted by molar-refractivity contribution is 0.174. The molecule has 5 nitrogen and oxygen atoms in total. The summed E-state index contributed by atoms with van der Waals surface area (Å²) < 4.78 is 26.4. The summed E-state index contributed by atoms with van der Waals surface area (Å²) in [4.78, 5) is 17.1. The van der Waals surface area contributed by atoms with Gasteiger partial charge in [0, 0.05) is 50.8 Å². The Bertz CT molecular complexity index is 681. The van der Waals surface area contributed by atoms with E-state index in [0.29, 0.717) is 6.54 Å². The summed E-state index contributed by atoms with van der Waals surface area (Å²) in [6.45, 7) is 4.47. The molecule has 2 amide bonds. The lowest BCUT2D eigenvalue weighted by Gasteiger charge is -2.34. The summed E-state index contributed by atoms with van der Waals surface area (Å²) in [5, 5.41) is 6.25. The van der Waals surface area contributed by atoms with Crippen molar-refractivity contribution >= 4 is 6.03 Å². The molecule has 1 aromatic rings. The van der Waals surface area contributed by atoms with Crippen LogP contribution < -0.4 is 10.6 Å². The van der Waals surface area contributed by atoms with E-state index in [4.69, 9.17) is 0 Å². The monoisotopic (exact) mass is 392 g/mol. The number of amides is 2. The Morgan fingerprint density at radius 1 is 0.893 bits per heavy atom. The first kappa shape index (κ1) is 19.6. The van der Waals surface area contributed by atoms with E-state index in [1.54, 1.807) is 6.07 Å². The summed E-state index contributed by atoms with van der Waals surface area (Å²) in [5.41, 5.74) is 0.778. The fourth-order valence-corrected chi connectivity index (χ4v) is 4.39. The molecule has 1 aromatic carbocycles. The van der Waals surface area contributed by atoms with Crippen molar-refractivity contribution in [3.63, 3.8) is 0 Å². The predicted octanol–water partition coefficient (Wildman–Crippen LogP) is 2.86. The second kappa shape index (κ2) is 8.74. The number of halogens is 2. The average molecular weight is 392 g/mol. The molecule has 3 fully saturated rings. The molecule has 2 saturated heterocycles. The zero-order chi connectivity index (χ0) is 19.5. The molecule has 154 valence electrons. The van der Waals surface area contributed by atoms with Crippen molar-refractivity contribution in [3.8, 4) is 0 Å². The predicted molar refractivity (Wildman–Crippen MR) is 104 cm³/mol. The lowest BCUT2D eigenvalue weighted by Crippen LogP contribution is -2.52. The number of rotatable bonds is 5. The van der Waals surface area contributed by atoms with Gasteiger partial charge in [-0.05, 0) is 56.2 Å². The van der Waals surface area contributed by atoms with Crippen LogP contribution in [0.1, 0.15) is 44.1 Å². The van der Waals surface area contributed by atoms with Gasteiger partial charge < -0.3 is 15.5 Å². The van der Waals surface area contributed by atoms with Crippen LogP contribution in [0.3, 0.4) is 0 Å². The van der Waals surface area contributed by atoms with Crippen LogP contribution in [0.2, 0.25) is 0 Å². The third kappa shape index (κ3) is 5.20. The van der Waals surface area contributed by atoms with E-state index in [1.165, 1.54) is 25.0 Å². The molecule has 1 aliphatic carbocycles. The molecular weight excluding hydrogens is 362 g/mol. The minimum Gasteiger partial charge on any atom is -0.335 e. The Hall–Kier alpha value is -1.73. The minimum absolute atomic E-state index is 0.0519. The Kier molecular flexibility index (Phi) is 6.11. The van der Waals surface area contributed by atoms with Gasteiger partial charge >= 0.3 is 6.03 Å². The maximum absolute atomic E-state index is 13.3. The van der Waals surface area contributed by atoms with Gasteiger partial charge in [0.25, 0.3) is 0 Å². The molecule has 0 aromatic heterocycles. The summed E-state index contributed by atoms with van der Waals surface area (Å²) in [6, 6.07) is 5.29. The number of carbonyl (C=O) groups is 1. The molecule has 3 aliphatic rings. The summed E-state index contributed by atoms with van der Waals surface area (Å²) in [7, 11) is 0. The van der Waals surface area contributed by atoms with Gasteiger partial charge in [-0.1, -0.05) is 6.07 Å². The molecule has 2 aliphatic heterocycles. The standard InChI is InChI=1S/C21H30F2N4O/c22-19-4-1-15(13-20(19)23)14-26-9-5-16(6-10-26)24-21(28)25-17-7-11-27(12-8-17)18-2-3-18/h1,4,13,16-18H,2-3,5-12,14H2,(H2,24,25,28). The Balaban J connectivity index is 1.15. The first-order valence-corrected chi connectivity index (χ1v) is 10.5. The van der Waals surface area contributed by atoms with Crippen molar-refractivity contribution in [1.82, 2.24) is 20.4 Å². The van der Waals surface area contributed by atoms with Crippen LogP contribution in [0.5, 0.6) is 0 Å². The van der Waals surface area contributed by atoms with Gasteiger partial charge in [0.2, 0.25) is 0 Å². The highest BCUT2D eigenvalue weighted by Crippen LogP contribution is 2.29. The van der Waals surface area contributed by atoms with Crippen LogP contribution in [0.25, 0.3) is 0 Å². The zero-order valence-electron chi connectivity index (χ0n) is 16.3. The molecular formula is C21H30F2N4O. The first-order chi connectivity index (χ1) is 13.6. The molecule has 0 atom stereocenters. The highest BCUT2D eigenvalue weighted by Gasteiger charge is 2.32. The molecule has 2 heterocycles. The van der Waals surface area contributed by atoms with Gasteiger partial charge in [-0.3, -0.25) is 4.90 Å². The van der Waals surface area contributed by atoms with Crippen LogP contribution in [0.15, 0.2) is 18.2 Å². The maximum Gasteiger partial charge on any atom is 0.315 e. The molecule has 4 rings (SSSR count). The van der Waals surface area contributed by atoms with Crippen LogP contribution >= 0.6 is 0 Å². The first-order valence-electron chi connectivity index (χ1n) is 10.5. The highest BCUT2D eigenvalue weighted by molar-refractivity contribution is 5.74. The van der Waals surface area contributed by atoms with Crippen molar-refractivity contribution in [3.05, 3.63) is 35.4 Å². The number of nitrogens with zero attached hydrogens (tertiary/aromatic N) is 2. The van der Waals surface area contributed by atoms with E-state index >= 15 is 0 Å². The number of hydrogen-bond donors (Lipinski definition) is 2. The molecule has 28 heavy (non-hydrogen) atoms. The van der Waals surface area contributed by atoms with Crippen molar-refractivity contribution in [2.45, 2.75) is 63.2 Å². The van der Waals surface area contributed by atoms with Crippen molar-refractivity contribution in [2.24, 2.45) is 0 Å². The molecule has 0 spiro atoms. The number of nitrogens with one attached hydrogen (secondary N) is 2. The van der Waals surface area contributed by atoms with Gasteiger partial charge in [0.15, 0.2) is 11.6 Å². The van der Waals surface area contributed by atoms with E-state index in [0.717, 1.165) is 63.5 Å². The Labute approximate surface area is 165 Å². The van der Waals surface area contributed by atoms with Crippen molar-refractivity contribution in [2.75, 3.05) is 26.2 Å². The van der Waals surface area contributed by atoms with Crippen LogP contribution in [-0.2, 0) is 6.54 Å². The van der Waals surface area contributed by atoms with E-state index in [9.17, 15) is 13.6 Å². The van der Waals surface area contributed by atoms with Crippen molar-refractivity contribution in [1.29, 1.82) is 0 Å². The van der Waals surface area contributed by atoms with Gasteiger partial charge in [-0.15, -0.1) is 0 Å².